The van der Waals surface area contributed by atoms with E-state index in [4.69, 9.17) is 5.41 Å². The maximum absolute atomic E-state index is 7.83. The Bertz CT molecular complexity index is 378. The maximum Gasteiger partial charge on any atom is 0.00920 e. The Morgan fingerprint density at radius 3 is 2.82 bits per heavy atom. The number of hydrogen-bond acceptors (Lipinski definition) is 1. The number of benzene rings is 1. The largest absolute Gasteiger partial charge is 0.310 e. The average molecular weight is 227 g/mol. The Hall–Kier alpha value is -1.37. The summed E-state index contributed by atoms with van der Waals surface area (Å²) in [4.78, 5) is 0. The summed E-state index contributed by atoms with van der Waals surface area (Å²) in [6.45, 7) is 0. The van der Waals surface area contributed by atoms with E-state index in [0.29, 0.717) is 5.92 Å². The van der Waals surface area contributed by atoms with Gasteiger partial charge in [-0.15, -0.1) is 0 Å². The fourth-order valence-electron chi connectivity index (χ4n) is 2.49. The molecule has 0 bridgehead atoms. The molecule has 1 unspecified atom stereocenters. The average Bonchev–Trinajstić information content (AvgIpc) is 2.55. The normalized spacial score (nSPS) is 21.6. The zero-order chi connectivity index (χ0) is 11.9. The molecule has 0 radical (unpaired) electrons. The van der Waals surface area contributed by atoms with Gasteiger partial charge in [0.15, 0.2) is 0 Å². The second kappa shape index (κ2) is 6.39. The molecule has 0 saturated heterocycles. The smallest absolute Gasteiger partial charge is 0.00920 e. The summed E-state index contributed by atoms with van der Waals surface area (Å²) in [5.41, 5.74) is 2.23. The molecule has 2 rings (SSSR count). The molecule has 1 aliphatic carbocycles. The molecule has 1 aromatic carbocycles. The van der Waals surface area contributed by atoms with Gasteiger partial charge in [0.1, 0.15) is 0 Å². The number of hydrogen-bond donors (Lipinski definition) is 1. The summed E-state index contributed by atoms with van der Waals surface area (Å²) in [7, 11) is 0. The first kappa shape index (κ1) is 12.1. The van der Waals surface area contributed by atoms with Crippen LogP contribution in [0.5, 0.6) is 0 Å². The molecule has 0 amide bonds. The lowest BCUT2D eigenvalue weighted by Gasteiger charge is -2.10. The van der Waals surface area contributed by atoms with Gasteiger partial charge in [0.2, 0.25) is 0 Å². The topological polar surface area (TPSA) is 23.9 Å². The van der Waals surface area contributed by atoms with E-state index in [1.54, 1.807) is 0 Å². The molecule has 1 heteroatoms. The molecule has 1 saturated carbocycles. The van der Waals surface area contributed by atoms with Crippen LogP contribution in [0, 0.1) is 11.3 Å². The van der Waals surface area contributed by atoms with E-state index in [-0.39, 0.29) is 0 Å². The summed E-state index contributed by atoms with van der Waals surface area (Å²) < 4.78 is 0. The van der Waals surface area contributed by atoms with Crippen molar-refractivity contribution in [2.45, 2.75) is 38.5 Å². The molecule has 1 atom stereocenters. The molecule has 0 heterocycles. The fraction of sp³-hybridized carbons (Fsp3) is 0.438. The third-order valence-electron chi connectivity index (χ3n) is 3.46. The highest BCUT2D eigenvalue weighted by Gasteiger charge is 2.13. The van der Waals surface area contributed by atoms with Crippen LogP contribution in [0.3, 0.4) is 0 Å². The van der Waals surface area contributed by atoms with Crippen LogP contribution in [0.25, 0.3) is 6.08 Å². The highest BCUT2D eigenvalue weighted by atomic mass is 14.4. The maximum atomic E-state index is 7.83. The second-order valence-corrected chi connectivity index (χ2v) is 4.97. The van der Waals surface area contributed by atoms with Gasteiger partial charge < -0.3 is 5.41 Å². The Morgan fingerprint density at radius 1 is 1.18 bits per heavy atom. The molecule has 1 fully saturated rings. The first-order chi connectivity index (χ1) is 8.34. The zero-order valence-corrected chi connectivity index (χ0v) is 10.4. The summed E-state index contributed by atoms with van der Waals surface area (Å²) in [6, 6.07) is 10.4. The molecule has 90 valence electrons. The van der Waals surface area contributed by atoms with E-state index in [9.17, 15) is 0 Å². The summed E-state index contributed by atoms with van der Waals surface area (Å²) in [5.74, 6) is 0.699. The van der Waals surface area contributed by atoms with E-state index in [1.807, 2.05) is 6.07 Å². The first-order valence-corrected chi connectivity index (χ1v) is 6.62. The van der Waals surface area contributed by atoms with Gasteiger partial charge in [-0.05, 0) is 43.6 Å². The monoisotopic (exact) mass is 227 g/mol. The molecule has 1 nitrogen and oxygen atoms in total. The van der Waals surface area contributed by atoms with Crippen LogP contribution in [0.1, 0.15) is 44.1 Å². The van der Waals surface area contributed by atoms with E-state index in [1.165, 1.54) is 24.8 Å². The highest BCUT2D eigenvalue weighted by Crippen LogP contribution is 2.24. The van der Waals surface area contributed by atoms with Crippen LogP contribution in [0.15, 0.2) is 36.4 Å². The molecule has 0 aromatic heterocycles. The lowest BCUT2D eigenvalue weighted by Crippen LogP contribution is -2.03. The molecule has 0 spiro atoms. The van der Waals surface area contributed by atoms with E-state index < -0.39 is 0 Å². The van der Waals surface area contributed by atoms with Crippen molar-refractivity contribution in [1.29, 1.82) is 5.41 Å². The van der Waals surface area contributed by atoms with Crippen LogP contribution in [-0.4, -0.2) is 5.71 Å². The fourth-order valence-corrected chi connectivity index (χ4v) is 2.49. The van der Waals surface area contributed by atoms with Gasteiger partial charge in [-0.25, -0.2) is 0 Å². The van der Waals surface area contributed by atoms with Crippen molar-refractivity contribution in [3.63, 3.8) is 0 Å². The Labute approximate surface area is 104 Å². The van der Waals surface area contributed by atoms with Crippen LogP contribution in [0.2, 0.25) is 0 Å². The molecular weight excluding hydrogens is 206 g/mol. The van der Waals surface area contributed by atoms with Crippen LogP contribution < -0.4 is 0 Å². The Morgan fingerprint density at radius 2 is 2.00 bits per heavy atom. The van der Waals surface area contributed by atoms with Crippen molar-refractivity contribution in [3.8, 4) is 0 Å². The van der Waals surface area contributed by atoms with Crippen molar-refractivity contribution < 1.29 is 0 Å². The molecular formula is C16H21N. The van der Waals surface area contributed by atoms with Gasteiger partial charge in [-0.2, -0.15) is 0 Å². The second-order valence-electron chi connectivity index (χ2n) is 4.97. The molecule has 1 N–H and O–H groups in total. The molecule has 1 aliphatic rings. The van der Waals surface area contributed by atoms with E-state index in [2.05, 4.69) is 36.4 Å². The van der Waals surface area contributed by atoms with Gasteiger partial charge in [0.25, 0.3) is 0 Å². The van der Waals surface area contributed by atoms with Crippen LogP contribution in [0.4, 0.5) is 0 Å². The predicted molar refractivity (Wildman–Crippen MR) is 74.4 cm³/mol. The third-order valence-corrected chi connectivity index (χ3v) is 3.46. The van der Waals surface area contributed by atoms with Crippen LogP contribution in [-0.2, 0) is 0 Å². The predicted octanol–water partition coefficient (Wildman–Crippen LogP) is 4.69. The lowest BCUT2D eigenvalue weighted by molar-refractivity contribution is 0.501. The quantitative estimate of drug-likeness (QED) is 0.724. The SMILES string of the molecule is N=C1CCCCC(C/C=C/c2ccccc2)C1. The van der Waals surface area contributed by atoms with Crippen molar-refractivity contribution in [1.82, 2.24) is 0 Å². The van der Waals surface area contributed by atoms with Crippen molar-refractivity contribution >= 4 is 11.8 Å². The van der Waals surface area contributed by atoms with Gasteiger partial charge in [0.05, 0.1) is 0 Å². The number of nitrogens with one attached hydrogen (secondary N) is 1. The minimum Gasteiger partial charge on any atom is -0.310 e. The minimum atomic E-state index is 0.699. The number of allylic oxidation sites excluding steroid dienone is 1. The van der Waals surface area contributed by atoms with E-state index in [0.717, 1.165) is 25.0 Å². The van der Waals surface area contributed by atoms with E-state index >= 15 is 0 Å². The van der Waals surface area contributed by atoms with Gasteiger partial charge in [-0.3, -0.25) is 0 Å². The Balaban J connectivity index is 1.85. The zero-order valence-electron chi connectivity index (χ0n) is 10.4. The summed E-state index contributed by atoms with van der Waals surface area (Å²) in [6.07, 6.45) is 11.5. The van der Waals surface area contributed by atoms with Gasteiger partial charge in [0, 0.05) is 5.71 Å². The van der Waals surface area contributed by atoms with Gasteiger partial charge in [-0.1, -0.05) is 48.9 Å². The number of rotatable bonds is 3. The molecule has 17 heavy (non-hydrogen) atoms. The minimum absolute atomic E-state index is 0.699. The molecule has 0 aliphatic heterocycles. The first-order valence-electron chi connectivity index (χ1n) is 6.62. The standard InChI is InChI=1S/C16H21N/c17-16-12-5-4-9-15(13-16)11-6-10-14-7-2-1-3-8-14/h1-3,6-8,10,15,17H,4-5,9,11-13H2/b10-6+,17-16?. The van der Waals surface area contributed by atoms with Crippen molar-refractivity contribution in [2.75, 3.05) is 0 Å². The highest BCUT2D eigenvalue weighted by molar-refractivity contribution is 5.81. The van der Waals surface area contributed by atoms with Crippen molar-refractivity contribution in [3.05, 3.63) is 42.0 Å². The van der Waals surface area contributed by atoms with Crippen LogP contribution >= 0.6 is 0 Å². The summed E-state index contributed by atoms with van der Waals surface area (Å²) in [5, 5.41) is 7.83. The Kier molecular flexibility index (Phi) is 4.54. The van der Waals surface area contributed by atoms with Crippen molar-refractivity contribution in [2.24, 2.45) is 5.92 Å². The molecule has 1 aromatic rings. The van der Waals surface area contributed by atoms with Gasteiger partial charge >= 0.3 is 0 Å². The lowest BCUT2D eigenvalue weighted by atomic mass is 9.95. The summed E-state index contributed by atoms with van der Waals surface area (Å²) >= 11 is 0. The third kappa shape index (κ3) is 4.18.